The summed E-state index contributed by atoms with van der Waals surface area (Å²) in [6.45, 7) is 0. The fraction of sp³-hybridized carbons (Fsp3) is 0. The first-order valence-corrected chi connectivity index (χ1v) is 0.636. The minimum atomic E-state index is 0. The molecule has 0 spiro atoms. The van der Waals surface area contributed by atoms with Crippen molar-refractivity contribution in [1.29, 1.82) is 0 Å². The molecular formula is H2Co2Li2Mn2Ni2O. The third-order valence-corrected chi connectivity index (χ3v) is 0. The molecular weight excluding hydrogens is 375 g/mol. The van der Waals surface area contributed by atoms with Gasteiger partial charge in [0.15, 0.2) is 0 Å². The molecule has 0 aliphatic carbocycles. The maximum absolute atomic E-state index is 8.06. The van der Waals surface area contributed by atoms with Crippen molar-refractivity contribution in [3.63, 3.8) is 0 Å². The van der Waals surface area contributed by atoms with Gasteiger partial charge in [-0.15, -0.1) is 0 Å². The van der Waals surface area contributed by atoms with E-state index in [4.69, 9.17) is 3.83 Å². The van der Waals surface area contributed by atoms with Crippen LogP contribution in [-0.2, 0) is 103 Å². The van der Waals surface area contributed by atoms with Crippen LogP contribution in [0, 0.1) is 0 Å². The van der Waals surface area contributed by atoms with E-state index in [-0.39, 0.29) is 124 Å². The summed E-state index contributed by atoms with van der Waals surface area (Å²) in [6, 6.07) is 0. The van der Waals surface area contributed by atoms with Gasteiger partial charge in [0.2, 0.25) is 0 Å². The molecule has 0 saturated carbocycles. The maximum atomic E-state index is 8.06. The molecule has 1 nitrogen and oxygen atoms in total. The first kappa shape index (κ1) is 74.5. The molecule has 9 heavy (non-hydrogen) atoms. The van der Waals surface area contributed by atoms with Gasteiger partial charge in [-0.25, -0.2) is 0 Å². The zero-order valence-electron chi connectivity index (χ0n) is 6.46. The van der Waals surface area contributed by atoms with Crippen molar-refractivity contribution in [2.75, 3.05) is 0 Å². The summed E-state index contributed by atoms with van der Waals surface area (Å²) in [5.41, 5.74) is 0. The third kappa shape index (κ3) is 74.5. The summed E-state index contributed by atoms with van der Waals surface area (Å²) < 4.78 is 8.06. The second-order valence-corrected chi connectivity index (χ2v) is 0. The topological polar surface area (TPSA) is 17.1 Å². The number of rotatable bonds is 0. The van der Waals surface area contributed by atoms with Crippen molar-refractivity contribution in [1.82, 2.24) is 0 Å². The summed E-state index contributed by atoms with van der Waals surface area (Å²) in [7, 11) is 0. The second-order valence-electron chi connectivity index (χ2n) is 0. The molecule has 0 bridgehead atoms. The SMILES string of the molecule is [Co].[Co].[H-].[H-].[Li+].[Li+].[Mn].[Ni].[Ni].[O]=[Mn]. The van der Waals surface area contributed by atoms with Crippen LogP contribution in [0.2, 0.25) is 0 Å². The van der Waals surface area contributed by atoms with Crippen LogP contribution in [0.15, 0.2) is 0 Å². The van der Waals surface area contributed by atoms with E-state index >= 15 is 0 Å². The van der Waals surface area contributed by atoms with Gasteiger partial charge in [0.25, 0.3) is 0 Å². The van der Waals surface area contributed by atoms with Gasteiger partial charge in [-0.05, 0) is 0 Å². The minimum absolute atomic E-state index is 0. The van der Waals surface area contributed by atoms with Crippen LogP contribution in [0.3, 0.4) is 0 Å². The molecule has 0 aliphatic heterocycles. The Morgan fingerprint density at radius 3 is 0.889 bits per heavy atom. The summed E-state index contributed by atoms with van der Waals surface area (Å²) in [5.74, 6) is 0. The molecule has 0 aromatic carbocycles. The summed E-state index contributed by atoms with van der Waals surface area (Å²) in [4.78, 5) is 0. The predicted octanol–water partition coefficient (Wildman–Crippen LogP) is -5.90. The number of hydrogen-bond donors (Lipinski definition) is 0. The Kier molecular flexibility index (Phi) is 745. The van der Waals surface area contributed by atoms with E-state index in [0.717, 1.165) is 0 Å². The molecule has 0 unspecified atom stereocenters. The Labute approximate surface area is 142 Å². The van der Waals surface area contributed by atoms with Crippen molar-refractivity contribution in [2.24, 2.45) is 0 Å². The molecule has 0 aliphatic rings. The zero-order valence-corrected chi connectivity index (χ0v) is 10.9. The van der Waals surface area contributed by atoms with Gasteiger partial charge < -0.3 is 2.85 Å². The molecule has 0 saturated heterocycles. The second kappa shape index (κ2) is 90.0. The van der Waals surface area contributed by atoms with Gasteiger partial charge in [0.05, 0.1) is 0 Å². The fourth-order valence-electron chi connectivity index (χ4n) is 0. The molecule has 0 aromatic heterocycles. The van der Waals surface area contributed by atoms with Crippen LogP contribution < -0.4 is 37.7 Å². The van der Waals surface area contributed by atoms with E-state index < -0.39 is 0 Å². The van der Waals surface area contributed by atoms with Gasteiger partial charge in [-0.2, -0.15) is 0 Å². The summed E-state index contributed by atoms with van der Waals surface area (Å²) >= 11 is 1.69. The predicted molar refractivity (Wildman–Crippen MR) is 2.91 cm³/mol. The third-order valence-electron chi connectivity index (χ3n) is 0. The average molecular weight is 377 g/mol. The van der Waals surface area contributed by atoms with Gasteiger partial charge in [-0.3, -0.25) is 0 Å². The van der Waals surface area contributed by atoms with E-state index in [0.29, 0.717) is 0 Å². The molecule has 3 radical (unpaired) electrons. The standard InChI is InChI=1S/2Co.2Li.2Mn.2Ni.O.2H/q;;2*+1;;;;;;2*-1. The van der Waals surface area contributed by atoms with Gasteiger partial charge >= 0.3 is 57.5 Å². The Morgan fingerprint density at radius 1 is 0.889 bits per heavy atom. The van der Waals surface area contributed by atoms with E-state index in [1.807, 2.05) is 0 Å². The van der Waals surface area contributed by atoms with Crippen molar-refractivity contribution >= 4 is 0 Å². The first-order valence-electron chi connectivity index (χ1n) is 0.154. The van der Waals surface area contributed by atoms with Crippen LogP contribution >= 0.6 is 0 Å². The average Bonchev–Trinajstić information content (AvgIpc) is 1.00. The Hall–Kier alpha value is 4.03. The monoisotopic (exact) mass is 376 g/mol. The fourth-order valence-corrected chi connectivity index (χ4v) is 0. The Balaban J connectivity index is -0.000000000139. The number of hydrogen-bond acceptors (Lipinski definition) is 1. The molecule has 9 heteroatoms. The van der Waals surface area contributed by atoms with Gasteiger partial charge in [0, 0.05) is 83.6 Å². The van der Waals surface area contributed by atoms with Gasteiger partial charge in [-0.1, -0.05) is 0 Å². The normalized spacial score (nSPS) is 0.444. The van der Waals surface area contributed by atoms with E-state index in [1.165, 1.54) is 0 Å². The van der Waals surface area contributed by atoms with E-state index in [1.54, 1.807) is 15.9 Å². The molecule has 0 atom stereocenters. The van der Waals surface area contributed by atoms with Gasteiger partial charge in [0.1, 0.15) is 0 Å². The quantitative estimate of drug-likeness (QED) is 0.385. The van der Waals surface area contributed by atoms with E-state index in [9.17, 15) is 0 Å². The van der Waals surface area contributed by atoms with Crippen molar-refractivity contribution < 1.29 is 144 Å². The van der Waals surface area contributed by atoms with Crippen LogP contribution in [-0.4, -0.2) is 0 Å². The molecule has 0 rings (SSSR count). The zero-order chi connectivity index (χ0) is 2.00. The van der Waals surface area contributed by atoms with Crippen molar-refractivity contribution in [2.45, 2.75) is 0 Å². The van der Waals surface area contributed by atoms with Crippen LogP contribution in [0.4, 0.5) is 0 Å². The molecule has 0 amide bonds. The van der Waals surface area contributed by atoms with E-state index in [2.05, 4.69) is 0 Å². The van der Waals surface area contributed by atoms with Crippen LogP contribution in [0.1, 0.15) is 2.85 Å². The molecule has 0 N–H and O–H groups in total. The van der Waals surface area contributed by atoms with Crippen molar-refractivity contribution in [3.8, 4) is 0 Å². The Bertz CT molecular complexity index is 28.1. The molecule has 0 heterocycles. The first-order chi connectivity index (χ1) is 1.00. The van der Waals surface area contributed by atoms with Crippen LogP contribution in [0.25, 0.3) is 0 Å². The summed E-state index contributed by atoms with van der Waals surface area (Å²) in [6.07, 6.45) is 0. The van der Waals surface area contributed by atoms with Crippen LogP contribution in [0.5, 0.6) is 0 Å². The molecule has 62 valence electrons. The van der Waals surface area contributed by atoms with Crippen molar-refractivity contribution in [3.05, 3.63) is 0 Å². The summed E-state index contributed by atoms with van der Waals surface area (Å²) in [5, 5.41) is 0. The molecule has 0 fully saturated rings. The Morgan fingerprint density at radius 2 is 0.889 bits per heavy atom. The molecule has 0 aromatic rings.